The van der Waals surface area contributed by atoms with E-state index in [1.54, 1.807) is 19.2 Å². The van der Waals surface area contributed by atoms with E-state index in [1.165, 1.54) is 12.1 Å². The number of carbonyl (C=O) groups excluding carboxylic acids is 1. The van der Waals surface area contributed by atoms with E-state index in [4.69, 9.17) is 4.74 Å². The van der Waals surface area contributed by atoms with Crippen LogP contribution in [0.3, 0.4) is 0 Å². The van der Waals surface area contributed by atoms with Crippen LogP contribution in [0.5, 0.6) is 0 Å². The minimum atomic E-state index is -0.387. The molecule has 0 aliphatic carbocycles. The Morgan fingerprint density at radius 1 is 1.28 bits per heavy atom. The number of morpholine rings is 1. The van der Waals surface area contributed by atoms with Gasteiger partial charge in [-0.15, -0.1) is 24.0 Å². The maximum absolute atomic E-state index is 13.2. The number of ether oxygens (including phenoxy) is 1. The van der Waals surface area contributed by atoms with E-state index in [9.17, 15) is 9.18 Å². The number of rotatable bonds is 8. The molecular weight excluding hydrogens is 488 g/mol. The van der Waals surface area contributed by atoms with Gasteiger partial charge in [0, 0.05) is 38.4 Å². The summed E-state index contributed by atoms with van der Waals surface area (Å²) in [5.41, 5.74) is 0.430. The average Bonchev–Trinajstić information content (AvgIpc) is 2.67. The highest BCUT2D eigenvalue weighted by atomic mass is 127. The Hall–Kier alpha value is -1.46. The van der Waals surface area contributed by atoms with Crippen molar-refractivity contribution in [2.45, 2.75) is 26.3 Å². The standard InChI is InChI=1S/C20H32FN5O2.HI/c1-15(2)11-18(26-7-9-28-10-8-26)13-23-20(22-3)24-14-19(27)25-17-6-4-5-16(21)12-17;/h4-6,12,15,18H,7-11,13-14H2,1-3H3,(H,25,27)(H2,22,23,24);1H. The molecule has 1 atom stereocenters. The highest BCUT2D eigenvalue weighted by Crippen LogP contribution is 2.13. The maximum atomic E-state index is 13.2. The number of anilines is 1. The second-order valence-corrected chi connectivity index (χ2v) is 7.30. The molecule has 1 aliphatic rings. The first-order chi connectivity index (χ1) is 13.5. The van der Waals surface area contributed by atoms with Gasteiger partial charge in [0.25, 0.3) is 0 Å². The van der Waals surface area contributed by atoms with Gasteiger partial charge in [-0.05, 0) is 30.5 Å². The van der Waals surface area contributed by atoms with Crippen molar-refractivity contribution in [3.8, 4) is 0 Å². The highest BCUT2D eigenvalue weighted by Gasteiger charge is 2.22. The number of halogens is 2. The lowest BCUT2D eigenvalue weighted by Crippen LogP contribution is -2.51. The largest absolute Gasteiger partial charge is 0.379 e. The molecule has 1 aromatic rings. The minimum Gasteiger partial charge on any atom is -0.379 e. The number of carbonyl (C=O) groups is 1. The first kappa shape index (κ1) is 25.6. The van der Waals surface area contributed by atoms with Gasteiger partial charge in [-0.3, -0.25) is 14.7 Å². The van der Waals surface area contributed by atoms with Gasteiger partial charge >= 0.3 is 0 Å². The number of hydrogen-bond acceptors (Lipinski definition) is 4. The molecule has 2 rings (SSSR count). The quantitative estimate of drug-likeness (QED) is 0.278. The van der Waals surface area contributed by atoms with Crippen molar-refractivity contribution in [3.63, 3.8) is 0 Å². The van der Waals surface area contributed by atoms with Crippen LogP contribution in [0.4, 0.5) is 10.1 Å². The van der Waals surface area contributed by atoms with E-state index < -0.39 is 0 Å². The molecule has 29 heavy (non-hydrogen) atoms. The molecule has 0 radical (unpaired) electrons. The van der Waals surface area contributed by atoms with Gasteiger partial charge < -0.3 is 20.7 Å². The van der Waals surface area contributed by atoms with E-state index >= 15 is 0 Å². The van der Waals surface area contributed by atoms with Crippen LogP contribution in [0, 0.1) is 11.7 Å². The number of nitrogens with one attached hydrogen (secondary N) is 3. The Kier molecular flexibility index (Phi) is 12.1. The van der Waals surface area contributed by atoms with Crippen molar-refractivity contribution >= 4 is 41.5 Å². The van der Waals surface area contributed by atoms with Gasteiger partial charge in [0.1, 0.15) is 5.82 Å². The van der Waals surface area contributed by atoms with Crippen LogP contribution in [-0.2, 0) is 9.53 Å². The van der Waals surface area contributed by atoms with Gasteiger partial charge in [-0.2, -0.15) is 0 Å². The molecule has 0 bridgehead atoms. The molecular formula is C20H33FIN5O2. The van der Waals surface area contributed by atoms with Gasteiger partial charge in [0.05, 0.1) is 19.8 Å². The Labute approximate surface area is 189 Å². The topological polar surface area (TPSA) is 78.0 Å². The first-order valence-electron chi connectivity index (χ1n) is 9.79. The summed E-state index contributed by atoms with van der Waals surface area (Å²) in [5, 5.41) is 8.98. The molecule has 1 fully saturated rings. The third kappa shape index (κ3) is 9.72. The van der Waals surface area contributed by atoms with Crippen LogP contribution < -0.4 is 16.0 Å². The normalized spacial score (nSPS) is 16.1. The summed E-state index contributed by atoms with van der Waals surface area (Å²) in [5.74, 6) is 0.501. The van der Waals surface area contributed by atoms with E-state index in [1.807, 2.05) is 0 Å². The van der Waals surface area contributed by atoms with Crippen LogP contribution >= 0.6 is 24.0 Å². The Morgan fingerprint density at radius 2 is 2.00 bits per heavy atom. The summed E-state index contributed by atoms with van der Waals surface area (Å²) in [6, 6.07) is 6.20. The summed E-state index contributed by atoms with van der Waals surface area (Å²) < 4.78 is 18.7. The van der Waals surface area contributed by atoms with Crippen LogP contribution in [0.15, 0.2) is 29.3 Å². The molecule has 1 aromatic carbocycles. The molecule has 164 valence electrons. The molecule has 0 aromatic heterocycles. The lowest BCUT2D eigenvalue weighted by atomic mass is 10.0. The average molecular weight is 521 g/mol. The molecule has 7 nitrogen and oxygen atoms in total. The predicted octanol–water partition coefficient (Wildman–Crippen LogP) is 2.29. The molecule has 1 saturated heterocycles. The fourth-order valence-electron chi connectivity index (χ4n) is 3.22. The zero-order valence-corrected chi connectivity index (χ0v) is 19.7. The molecule has 1 aliphatic heterocycles. The Balaban J connectivity index is 0.00000420. The summed E-state index contributed by atoms with van der Waals surface area (Å²) in [6.45, 7) is 8.62. The van der Waals surface area contributed by atoms with Crippen molar-refractivity contribution < 1.29 is 13.9 Å². The minimum absolute atomic E-state index is 0. The number of guanidine groups is 1. The lowest BCUT2D eigenvalue weighted by molar-refractivity contribution is -0.115. The van der Waals surface area contributed by atoms with Crippen LogP contribution in [0.2, 0.25) is 0 Å². The van der Waals surface area contributed by atoms with E-state index in [2.05, 4.69) is 39.7 Å². The lowest BCUT2D eigenvalue weighted by Gasteiger charge is -2.35. The van der Waals surface area contributed by atoms with E-state index in [-0.39, 0.29) is 42.2 Å². The van der Waals surface area contributed by atoms with Crippen molar-refractivity contribution in [2.75, 3.05) is 51.8 Å². The second-order valence-electron chi connectivity index (χ2n) is 7.30. The number of nitrogens with zero attached hydrogens (tertiary/aromatic N) is 2. The number of benzene rings is 1. The maximum Gasteiger partial charge on any atom is 0.243 e. The van der Waals surface area contributed by atoms with Crippen molar-refractivity contribution in [3.05, 3.63) is 30.1 Å². The zero-order valence-electron chi connectivity index (χ0n) is 17.4. The fourth-order valence-corrected chi connectivity index (χ4v) is 3.22. The molecule has 1 heterocycles. The number of hydrogen-bond donors (Lipinski definition) is 3. The van der Waals surface area contributed by atoms with Gasteiger partial charge in [-0.25, -0.2) is 4.39 Å². The predicted molar refractivity (Wildman–Crippen MR) is 125 cm³/mol. The number of amides is 1. The Morgan fingerprint density at radius 3 is 2.62 bits per heavy atom. The van der Waals surface area contributed by atoms with Crippen LogP contribution in [-0.4, -0.2) is 69.2 Å². The molecule has 0 saturated carbocycles. The van der Waals surface area contributed by atoms with E-state index in [0.29, 0.717) is 23.6 Å². The summed E-state index contributed by atoms with van der Waals surface area (Å²) >= 11 is 0. The van der Waals surface area contributed by atoms with Crippen molar-refractivity contribution in [1.82, 2.24) is 15.5 Å². The summed E-state index contributed by atoms with van der Waals surface area (Å²) in [7, 11) is 1.67. The summed E-state index contributed by atoms with van der Waals surface area (Å²) in [4.78, 5) is 18.7. The molecule has 9 heteroatoms. The molecule has 0 spiro atoms. The SMILES string of the molecule is CN=C(NCC(=O)Nc1cccc(F)c1)NCC(CC(C)C)N1CCOCC1.I. The second kappa shape index (κ2) is 13.7. The smallest absolute Gasteiger partial charge is 0.243 e. The third-order valence-electron chi connectivity index (χ3n) is 4.56. The molecule has 1 amide bonds. The zero-order chi connectivity index (χ0) is 20.4. The van der Waals surface area contributed by atoms with E-state index in [0.717, 1.165) is 39.3 Å². The van der Waals surface area contributed by atoms with Crippen LogP contribution in [0.1, 0.15) is 20.3 Å². The molecule has 1 unspecified atom stereocenters. The van der Waals surface area contributed by atoms with Crippen molar-refractivity contribution in [2.24, 2.45) is 10.9 Å². The first-order valence-corrected chi connectivity index (χ1v) is 9.79. The van der Waals surface area contributed by atoms with Crippen LogP contribution in [0.25, 0.3) is 0 Å². The van der Waals surface area contributed by atoms with Gasteiger partial charge in [0.2, 0.25) is 5.91 Å². The monoisotopic (exact) mass is 521 g/mol. The fraction of sp³-hybridized carbons (Fsp3) is 0.600. The molecule has 3 N–H and O–H groups in total. The van der Waals surface area contributed by atoms with Gasteiger partial charge in [0.15, 0.2) is 5.96 Å². The number of aliphatic imine (C=N–C) groups is 1. The van der Waals surface area contributed by atoms with Crippen molar-refractivity contribution in [1.29, 1.82) is 0 Å². The summed E-state index contributed by atoms with van der Waals surface area (Å²) in [6.07, 6.45) is 1.07. The Bertz CT molecular complexity index is 654. The third-order valence-corrected chi connectivity index (χ3v) is 4.56. The highest BCUT2D eigenvalue weighted by molar-refractivity contribution is 14.0. The van der Waals surface area contributed by atoms with Gasteiger partial charge in [-0.1, -0.05) is 19.9 Å².